The molecule has 0 spiro atoms. The molecule has 1 aliphatic carbocycles. The topological polar surface area (TPSA) is 87.8 Å². The molecule has 8 nitrogen and oxygen atoms in total. The average Bonchev–Trinajstić information content (AvgIpc) is 3.37. The number of pyridine rings is 2. The molecule has 1 saturated carbocycles. The van der Waals surface area contributed by atoms with E-state index in [2.05, 4.69) is 27.3 Å². The summed E-state index contributed by atoms with van der Waals surface area (Å²) in [4.78, 5) is 10.3. The van der Waals surface area contributed by atoms with Gasteiger partial charge in [0, 0.05) is 31.2 Å². The van der Waals surface area contributed by atoms with E-state index >= 15 is 0 Å². The molecule has 0 radical (unpaired) electrons. The summed E-state index contributed by atoms with van der Waals surface area (Å²) in [6, 6.07) is 4.52. The first kappa shape index (κ1) is 24.5. The molecule has 5 rings (SSSR count). The number of nitrogens with one attached hydrogen (secondary N) is 1. The van der Waals surface area contributed by atoms with Crippen molar-refractivity contribution in [1.82, 2.24) is 19.6 Å². The van der Waals surface area contributed by atoms with E-state index in [0.29, 0.717) is 29.8 Å². The van der Waals surface area contributed by atoms with Crippen LogP contribution in [0.4, 0.5) is 29.2 Å². The molecular formula is C24H28F4N6O2. The summed E-state index contributed by atoms with van der Waals surface area (Å²) in [5.41, 5.74) is -0.353. The van der Waals surface area contributed by atoms with Gasteiger partial charge < -0.3 is 20.1 Å². The third-order valence-corrected chi connectivity index (χ3v) is 7.21. The van der Waals surface area contributed by atoms with Crippen molar-refractivity contribution in [2.24, 2.45) is 17.8 Å². The summed E-state index contributed by atoms with van der Waals surface area (Å²) < 4.78 is 59.0. The van der Waals surface area contributed by atoms with Gasteiger partial charge in [-0.1, -0.05) is 13.3 Å². The Labute approximate surface area is 205 Å². The fourth-order valence-corrected chi connectivity index (χ4v) is 5.60. The maximum atomic E-state index is 14.3. The monoisotopic (exact) mass is 508 g/mol. The van der Waals surface area contributed by atoms with Gasteiger partial charge in [-0.15, -0.1) is 5.10 Å². The molecule has 12 heteroatoms. The van der Waals surface area contributed by atoms with Gasteiger partial charge >= 0.3 is 6.18 Å². The second kappa shape index (κ2) is 8.75. The van der Waals surface area contributed by atoms with Gasteiger partial charge in [-0.3, -0.25) is 4.98 Å². The van der Waals surface area contributed by atoms with Gasteiger partial charge in [-0.05, 0) is 43.9 Å². The molecule has 2 fully saturated rings. The first-order valence-electron chi connectivity index (χ1n) is 11.9. The van der Waals surface area contributed by atoms with Crippen LogP contribution < -0.4 is 15.0 Å². The highest BCUT2D eigenvalue weighted by molar-refractivity contribution is 5.58. The van der Waals surface area contributed by atoms with Gasteiger partial charge in [0.15, 0.2) is 23.8 Å². The van der Waals surface area contributed by atoms with Gasteiger partial charge in [-0.25, -0.2) is 8.91 Å². The molecule has 2 N–H and O–H groups in total. The van der Waals surface area contributed by atoms with Crippen molar-refractivity contribution in [3.63, 3.8) is 0 Å². The summed E-state index contributed by atoms with van der Waals surface area (Å²) in [5.74, 6) is 0.687. The number of anilines is 2. The van der Waals surface area contributed by atoms with E-state index in [0.717, 1.165) is 13.0 Å². The number of ether oxygens (including phenoxy) is 1. The Morgan fingerprint density at radius 1 is 1.17 bits per heavy atom. The first-order chi connectivity index (χ1) is 17.0. The zero-order valence-corrected chi connectivity index (χ0v) is 20.1. The highest BCUT2D eigenvalue weighted by Crippen LogP contribution is 2.49. The summed E-state index contributed by atoms with van der Waals surface area (Å²) >= 11 is 0. The first-order valence-corrected chi connectivity index (χ1v) is 11.9. The van der Waals surface area contributed by atoms with Crippen LogP contribution in [0, 0.1) is 23.6 Å². The lowest BCUT2D eigenvalue weighted by Gasteiger charge is -2.47. The lowest BCUT2D eigenvalue weighted by Crippen LogP contribution is -2.54. The minimum Gasteiger partial charge on any atom is -0.480 e. The molecule has 1 saturated heterocycles. The van der Waals surface area contributed by atoms with Crippen molar-refractivity contribution in [3.05, 3.63) is 42.1 Å². The van der Waals surface area contributed by atoms with E-state index in [1.807, 2.05) is 4.90 Å². The number of aliphatic hydroxyl groups is 1. The second-order valence-corrected chi connectivity index (χ2v) is 10.0. The number of hydrogen-bond acceptors (Lipinski definition) is 7. The Morgan fingerprint density at radius 3 is 2.58 bits per heavy atom. The largest absolute Gasteiger partial charge is 0.480 e. The average molecular weight is 509 g/mol. The third-order valence-electron chi connectivity index (χ3n) is 7.21. The van der Waals surface area contributed by atoms with E-state index in [4.69, 9.17) is 4.74 Å². The predicted octanol–water partition coefficient (Wildman–Crippen LogP) is 4.00. The number of rotatable bonds is 7. The van der Waals surface area contributed by atoms with Crippen LogP contribution in [-0.4, -0.2) is 56.6 Å². The molecule has 0 bridgehead atoms. The Balaban J connectivity index is 1.42. The maximum Gasteiger partial charge on any atom is 0.422 e. The number of nitrogens with zero attached hydrogens (tertiary/aromatic N) is 5. The molecule has 0 aromatic carbocycles. The molecule has 4 heterocycles. The molecular weight excluding hydrogens is 480 g/mol. The van der Waals surface area contributed by atoms with Crippen LogP contribution in [0.15, 0.2) is 30.6 Å². The summed E-state index contributed by atoms with van der Waals surface area (Å²) in [7, 11) is 0. The number of alkyl halides is 3. The Kier molecular flexibility index (Phi) is 5.97. The number of aromatic nitrogens is 4. The summed E-state index contributed by atoms with van der Waals surface area (Å²) in [5, 5.41) is 18.4. The Bertz CT molecular complexity index is 1260. The highest BCUT2D eigenvalue weighted by atomic mass is 19.4. The predicted molar refractivity (Wildman–Crippen MR) is 124 cm³/mol. The standard InChI is InChI=1S/C24H28F4N6O2/c1-4-13-14-10-33(17-7-8-29-9-16(17)25)11-15(14)20(13)30-22-31-21-18(36-12-24(26,27)28)5-6-19(23(2,3)35)34(21)32-22/h5-9,13-15,20,35H,4,10-12H2,1-3H3,(H,30,32)/t13-,14?,15-,20-/m1/s1. The molecule has 3 aromatic rings. The number of halogens is 4. The maximum absolute atomic E-state index is 14.3. The quantitative estimate of drug-likeness (QED) is 0.467. The van der Waals surface area contributed by atoms with E-state index in [9.17, 15) is 22.7 Å². The molecule has 194 valence electrons. The van der Waals surface area contributed by atoms with Crippen LogP contribution in [0.3, 0.4) is 0 Å². The van der Waals surface area contributed by atoms with Crippen LogP contribution in [0.1, 0.15) is 32.9 Å². The van der Waals surface area contributed by atoms with Crippen molar-refractivity contribution in [2.75, 3.05) is 29.9 Å². The van der Waals surface area contributed by atoms with Crippen LogP contribution in [0.5, 0.6) is 5.75 Å². The second-order valence-electron chi connectivity index (χ2n) is 10.0. The van der Waals surface area contributed by atoms with Crippen LogP contribution in [-0.2, 0) is 5.60 Å². The van der Waals surface area contributed by atoms with Crippen molar-refractivity contribution in [2.45, 2.75) is 45.0 Å². The lowest BCUT2D eigenvalue weighted by molar-refractivity contribution is -0.153. The van der Waals surface area contributed by atoms with Crippen molar-refractivity contribution < 1.29 is 27.4 Å². The number of fused-ring (bicyclic) bond motifs is 2. The smallest absolute Gasteiger partial charge is 0.422 e. The fraction of sp³-hybridized carbons (Fsp3) is 0.542. The molecule has 36 heavy (non-hydrogen) atoms. The van der Waals surface area contributed by atoms with Crippen LogP contribution in [0.2, 0.25) is 0 Å². The SMILES string of the molecule is CC[C@@H]1C2CN(c3ccncc3F)C[C@H]2[C@@H]1Nc1nc2c(OCC(F)(F)F)ccc(C(C)(C)O)n2n1. The van der Waals surface area contributed by atoms with E-state index in [-0.39, 0.29) is 35.1 Å². The molecule has 2 aliphatic rings. The molecule has 0 amide bonds. The lowest BCUT2D eigenvalue weighted by atomic mass is 9.61. The Hall–Kier alpha value is -3.15. The van der Waals surface area contributed by atoms with Gasteiger partial charge in [0.05, 0.1) is 17.6 Å². The normalized spacial score (nSPS) is 24.1. The summed E-state index contributed by atoms with van der Waals surface area (Å²) in [6.07, 6.45) is -0.828. The van der Waals surface area contributed by atoms with E-state index in [1.165, 1.54) is 22.8 Å². The van der Waals surface area contributed by atoms with Crippen LogP contribution in [0.25, 0.3) is 5.65 Å². The van der Waals surface area contributed by atoms with E-state index < -0.39 is 18.4 Å². The zero-order chi connectivity index (χ0) is 25.8. The van der Waals surface area contributed by atoms with Gasteiger partial charge in [0.25, 0.3) is 0 Å². The molecule has 3 aromatic heterocycles. The van der Waals surface area contributed by atoms with Gasteiger partial charge in [0.2, 0.25) is 5.95 Å². The minimum atomic E-state index is -4.51. The molecule has 4 atom stereocenters. The van der Waals surface area contributed by atoms with Crippen LogP contribution >= 0.6 is 0 Å². The number of hydrogen-bond donors (Lipinski definition) is 2. The van der Waals surface area contributed by atoms with E-state index in [1.54, 1.807) is 26.1 Å². The van der Waals surface area contributed by atoms with Gasteiger partial charge in [-0.2, -0.15) is 18.2 Å². The molecule has 1 unspecified atom stereocenters. The van der Waals surface area contributed by atoms with Crippen molar-refractivity contribution in [1.29, 1.82) is 0 Å². The van der Waals surface area contributed by atoms with Gasteiger partial charge in [0.1, 0.15) is 5.60 Å². The highest BCUT2D eigenvalue weighted by Gasteiger charge is 2.54. The zero-order valence-electron chi connectivity index (χ0n) is 20.1. The molecule has 1 aliphatic heterocycles. The summed E-state index contributed by atoms with van der Waals surface area (Å²) in [6.45, 7) is 5.13. The Morgan fingerprint density at radius 2 is 1.92 bits per heavy atom. The van der Waals surface area contributed by atoms with Crippen molar-refractivity contribution >= 4 is 17.3 Å². The minimum absolute atomic E-state index is 0.0115. The third kappa shape index (κ3) is 4.42. The van der Waals surface area contributed by atoms with Crippen molar-refractivity contribution in [3.8, 4) is 5.75 Å². The fourth-order valence-electron chi connectivity index (χ4n) is 5.60.